The third-order valence-corrected chi connectivity index (χ3v) is 5.38. The zero-order valence-electron chi connectivity index (χ0n) is 16.5. The van der Waals surface area contributed by atoms with Crippen molar-refractivity contribution in [3.63, 3.8) is 0 Å². The van der Waals surface area contributed by atoms with E-state index in [1.807, 2.05) is 6.07 Å². The number of nitrogens with one attached hydrogen (secondary N) is 1. The highest BCUT2D eigenvalue weighted by Crippen LogP contribution is 2.29. The highest BCUT2D eigenvalue weighted by molar-refractivity contribution is 6.05. The topological polar surface area (TPSA) is 132 Å². The molecule has 1 N–H and O–H groups in total. The number of piperidine rings is 1. The van der Waals surface area contributed by atoms with Crippen molar-refractivity contribution < 1.29 is 19.1 Å². The predicted octanol–water partition coefficient (Wildman–Crippen LogP) is 0.494. The highest BCUT2D eigenvalue weighted by Gasteiger charge is 2.39. The Balaban J connectivity index is 1.40. The molecule has 3 amide bonds. The number of imide groups is 1. The van der Waals surface area contributed by atoms with E-state index < -0.39 is 11.9 Å². The van der Waals surface area contributed by atoms with Crippen LogP contribution in [0.25, 0.3) is 17.1 Å². The van der Waals surface area contributed by atoms with Crippen LogP contribution in [-0.2, 0) is 16.1 Å². The average molecular weight is 419 g/mol. The number of aromatic nitrogens is 5. The summed E-state index contributed by atoms with van der Waals surface area (Å²) in [5, 5.41) is 10.6. The number of benzene rings is 1. The van der Waals surface area contributed by atoms with Crippen LogP contribution in [0.1, 0.15) is 28.8 Å². The summed E-state index contributed by atoms with van der Waals surface area (Å²) in [6, 6.07) is 6.34. The summed E-state index contributed by atoms with van der Waals surface area (Å²) in [7, 11) is 1.52. The van der Waals surface area contributed by atoms with Gasteiger partial charge >= 0.3 is 0 Å². The van der Waals surface area contributed by atoms with E-state index in [2.05, 4.69) is 25.6 Å². The molecule has 2 aliphatic heterocycles. The number of fused-ring (bicyclic) bond motifs is 1. The van der Waals surface area contributed by atoms with Crippen LogP contribution in [0.4, 0.5) is 0 Å². The van der Waals surface area contributed by atoms with Crippen LogP contribution in [0.5, 0.6) is 5.88 Å². The molecule has 2 aromatic heterocycles. The molecular weight excluding hydrogens is 402 g/mol. The first-order valence-electron chi connectivity index (χ1n) is 9.60. The first-order chi connectivity index (χ1) is 15.0. The number of nitrogens with zero attached hydrogens (tertiary/aromatic N) is 6. The standard InChI is InChI=1S/C20H17N7O4/c1-31-18-7-14(21-10-22-18)15-9-27(25-24-15)12-2-3-13-11(6-12)8-26(20(13)30)16-4-5-17(28)23-19(16)29/h2-3,6-7,9-10,16H,4-5,8H2,1H3,(H,23,28,29). The van der Waals surface area contributed by atoms with Crippen LogP contribution in [-0.4, -0.2) is 60.7 Å². The summed E-state index contributed by atoms with van der Waals surface area (Å²) in [5.74, 6) is -0.539. The molecule has 0 radical (unpaired) electrons. The van der Waals surface area contributed by atoms with E-state index in [0.717, 1.165) is 11.3 Å². The Kier molecular flexibility index (Phi) is 4.42. The Morgan fingerprint density at radius 3 is 2.81 bits per heavy atom. The van der Waals surface area contributed by atoms with E-state index in [0.29, 0.717) is 35.8 Å². The number of carbonyl (C=O) groups excluding carboxylic acids is 3. The Hall–Kier alpha value is -4.15. The number of amides is 3. The summed E-state index contributed by atoms with van der Waals surface area (Å²) in [4.78, 5) is 46.1. The maximum Gasteiger partial charge on any atom is 0.255 e. The molecule has 0 bridgehead atoms. The molecule has 11 heteroatoms. The zero-order valence-corrected chi connectivity index (χ0v) is 16.5. The van der Waals surface area contributed by atoms with Gasteiger partial charge in [-0.15, -0.1) is 5.10 Å². The van der Waals surface area contributed by atoms with Crippen molar-refractivity contribution in [2.75, 3.05) is 7.11 Å². The first kappa shape index (κ1) is 18.9. The van der Waals surface area contributed by atoms with Gasteiger partial charge in [-0.2, -0.15) is 0 Å². The van der Waals surface area contributed by atoms with Gasteiger partial charge in [-0.1, -0.05) is 5.21 Å². The van der Waals surface area contributed by atoms with Crippen LogP contribution in [0, 0.1) is 0 Å². The van der Waals surface area contributed by atoms with Crippen LogP contribution in [0.15, 0.2) is 36.8 Å². The molecule has 0 spiro atoms. The molecule has 0 saturated carbocycles. The van der Waals surface area contributed by atoms with E-state index in [9.17, 15) is 14.4 Å². The molecule has 1 atom stereocenters. The fourth-order valence-corrected chi connectivity index (χ4v) is 3.80. The van der Waals surface area contributed by atoms with Crippen molar-refractivity contribution in [2.24, 2.45) is 0 Å². The van der Waals surface area contributed by atoms with Crippen molar-refractivity contribution in [1.82, 2.24) is 35.2 Å². The fraction of sp³-hybridized carbons (Fsp3) is 0.250. The molecule has 1 unspecified atom stereocenters. The Morgan fingerprint density at radius 2 is 2.00 bits per heavy atom. The van der Waals surface area contributed by atoms with Crippen LogP contribution >= 0.6 is 0 Å². The zero-order chi connectivity index (χ0) is 21.5. The molecule has 11 nitrogen and oxygen atoms in total. The second-order valence-corrected chi connectivity index (χ2v) is 7.24. The van der Waals surface area contributed by atoms with Crippen LogP contribution < -0.4 is 10.1 Å². The Morgan fingerprint density at radius 1 is 1.13 bits per heavy atom. The van der Waals surface area contributed by atoms with E-state index in [1.165, 1.54) is 18.3 Å². The average Bonchev–Trinajstić information content (AvgIpc) is 3.39. The Labute approximate surface area is 176 Å². The van der Waals surface area contributed by atoms with Gasteiger partial charge in [0, 0.05) is 24.6 Å². The van der Waals surface area contributed by atoms with Crippen molar-refractivity contribution in [3.8, 4) is 23.0 Å². The largest absolute Gasteiger partial charge is 0.481 e. The molecule has 1 saturated heterocycles. The summed E-state index contributed by atoms with van der Waals surface area (Å²) in [6.07, 6.45) is 3.65. The molecule has 31 heavy (non-hydrogen) atoms. The number of rotatable bonds is 4. The highest BCUT2D eigenvalue weighted by atomic mass is 16.5. The van der Waals surface area contributed by atoms with Gasteiger partial charge in [0.05, 0.1) is 24.7 Å². The van der Waals surface area contributed by atoms with Gasteiger partial charge in [0.25, 0.3) is 5.91 Å². The minimum atomic E-state index is -0.647. The van der Waals surface area contributed by atoms with Gasteiger partial charge in [-0.25, -0.2) is 14.6 Å². The van der Waals surface area contributed by atoms with Gasteiger partial charge in [0.1, 0.15) is 18.1 Å². The minimum Gasteiger partial charge on any atom is -0.481 e. The number of ether oxygens (including phenoxy) is 1. The van der Waals surface area contributed by atoms with Crippen molar-refractivity contribution in [1.29, 1.82) is 0 Å². The van der Waals surface area contributed by atoms with E-state index in [1.54, 1.807) is 29.1 Å². The van der Waals surface area contributed by atoms with Gasteiger partial charge in [0.2, 0.25) is 17.7 Å². The molecule has 5 rings (SSSR count). The van der Waals surface area contributed by atoms with Gasteiger partial charge in [-0.3, -0.25) is 19.7 Å². The maximum atomic E-state index is 12.8. The lowest BCUT2D eigenvalue weighted by molar-refractivity contribution is -0.136. The number of carbonyl (C=O) groups is 3. The maximum absolute atomic E-state index is 12.8. The normalized spacial score (nSPS) is 18.2. The second-order valence-electron chi connectivity index (χ2n) is 7.24. The quantitative estimate of drug-likeness (QED) is 0.605. The molecule has 2 aliphatic rings. The molecular formula is C20H17N7O4. The molecule has 3 aromatic rings. The molecule has 0 aliphatic carbocycles. The SMILES string of the molecule is COc1cc(-c2cn(-c3ccc4c(c3)CN(C3CCC(=O)NC3=O)C4=O)nn2)ncn1. The van der Waals surface area contributed by atoms with Crippen molar-refractivity contribution in [3.05, 3.63) is 47.9 Å². The number of hydrogen-bond donors (Lipinski definition) is 1. The molecule has 156 valence electrons. The van der Waals surface area contributed by atoms with Crippen molar-refractivity contribution >= 4 is 17.7 Å². The van der Waals surface area contributed by atoms with E-state index >= 15 is 0 Å². The monoisotopic (exact) mass is 419 g/mol. The van der Waals surface area contributed by atoms with Crippen LogP contribution in [0.2, 0.25) is 0 Å². The van der Waals surface area contributed by atoms with Crippen LogP contribution in [0.3, 0.4) is 0 Å². The summed E-state index contributed by atoms with van der Waals surface area (Å²) in [6.45, 7) is 0.291. The number of hydrogen-bond acceptors (Lipinski definition) is 8. The lowest BCUT2D eigenvalue weighted by atomic mass is 10.0. The van der Waals surface area contributed by atoms with E-state index in [-0.39, 0.29) is 18.2 Å². The summed E-state index contributed by atoms with van der Waals surface area (Å²) >= 11 is 0. The molecule has 1 aromatic carbocycles. The third-order valence-electron chi connectivity index (χ3n) is 5.38. The van der Waals surface area contributed by atoms with E-state index in [4.69, 9.17) is 4.74 Å². The Bertz CT molecular complexity index is 1220. The molecule has 4 heterocycles. The minimum absolute atomic E-state index is 0.219. The van der Waals surface area contributed by atoms with Gasteiger partial charge in [-0.05, 0) is 30.2 Å². The molecule has 1 fully saturated rings. The second kappa shape index (κ2) is 7.27. The smallest absolute Gasteiger partial charge is 0.255 e. The third kappa shape index (κ3) is 3.29. The van der Waals surface area contributed by atoms with Crippen molar-refractivity contribution in [2.45, 2.75) is 25.4 Å². The summed E-state index contributed by atoms with van der Waals surface area (Å²) < 4.78 is 6.70. The summed E-state index contributed by atoms with van der Waals surface area (Å²) in [5.41, 5.74) is 3.15. The number of methoxy groups -OCH3 is 1. The predicted molar refractivity (Wildman–Crippen MR) is 105 cm³/mol. The first-order valence-corrected chi connectivity index (χ1v) is 9.60. The lowest BCUT2D eigenvalue weighted by Gasteiger charge is -2.29. The fourth-order valence-electron chi connectivity index (χ4n) is 3.80. The lowest BCUT2D eigenvalue weighted by Crippen LogP contribution is -2.52. The van der Waals surface area contributed by atoms with Gasteiger partial charge in [0.15, 0.2) is 0 Å². The van der Waals surface area contributed by atoms with Gasteiger partial charge < -0.3 is 9.64 Å².